The Morgan fingerprint density at radius 1 is 1.30 bits per heavy atom. The normalized spacial score (nSPS) is 24.8. The number of thioether (sulfide) groups is 1. The molecule has 1 atom stereocenters. The van der Waals surface area contributed by atoms with Gasteiger partial charge >= 0.3 is 6.03 Å². The molecule has 2 saturated heterocycles. The smallest absolute Gasteiger partial charge is 0.314 e. The molecule has 2 aliphatic rings. The lowest BCUT2D eigenvalue weighted by Gasteiger charge is -2.35. The average Bonchev–Trinajstić information content (AvgIpc) is 3.00. The fourth-order valence-electron chi connectivity index (χ4n) is 2.90. The minimum atomic E-state index is -0.0725. The van der Waals surface area contributed by atoms with Crippen LogP contribution in [0.1, 0.15) is 19.3 Å². The van der Waals surface area contributed by atoms with Crippen molar-refractivity contribution in [3.8, 4) is 0 Å². The molecule has 2 aliphatic heterocycles. The number of hydrogen-bond acceptors (Lipinski definition) is 4. The maximum Gasteiger partial charge on any atom is 0.314 e. The van der Waals surface area contributed by atoms with E-state index in [1.165, 1.54) is 43.9 Å². The minimum absolute atomic E-state index is 0.0725. The molecule has 0 aromatic heterocycles. The van der Waals surface area contributed by atoms with Gasteiger partial charge in [0, 0.05) is 32.0 Å². The Morgan fingerprint density at radius 2 is 2.10 bits per heavy atom. The molecule has 0 radical (unpaired) electrons. The van der Waals surface area contributed by atoms with Crippen molar-refractivity contribution in [1.82, 2.24) is 15.5 Å². The average molecular weight is 301 g/mol. The second kappa shape index (κ2) is 8.74. The van der Waals surface area contributed by atoms with E-state index in [1.807, 2.05) is 0 Å². The standard InChI is InChI=1S/C14H27N3O2S/c1-19-8-5-15-14(18)16-10-12-2-6-17(7-3-12)13-4-9-20-11-13/h12-13H,2-11H2,1H3,(H2,15,16,18)/t13-/m0/s1. The van der Waals surface area contributed by atoms with Crippen LogP contribution >= 0.6 is 11.8 Å². The van der Waals surface area contributed by atoms with Crippen LogP contribution in [0.4, 0.5) is 4.79 Å². The van der Waals surface area contributed by atoms with Gasteiger partial charge in [-0.3, -0.25) is 4.90 Å². The Morgan fingerprint density at radius 3 is 2.75 bits per heavy atom. The monoisotopic (exact) mass is 301 g/mol. The number of carbonyl (C=O) groups is 1. The van der Waals surface area contributed by atoms with E-state index in [0.29, 0.717) is 19.1 Å². The first-order valence-corrected chi connectivity index (χ1v) is 8.77. The Kier molecular flexibility index (Phi) is 6.96. The van der Waals surface area contributed by atoms with Gasteiger partial charge in [0.2, 0.25) is 0 Å². The minimum Gasteiger partial charge on any atom is -0.383 e. The lowest BCUT2D eigenvalue weighted by Crippen LogP contribution is -2.45. The number of rotatable bonds is 6. The zero-order chi connectivity index (χ0) is 14.2. The van der Waals surface area contributed by atoms with Gasteiger partial charge in [-0.25, -0.2) is 4.79 Å². The second-order valence-corrected chi connectivity index (χ2v) is 6.78. The first-order chi connectivity index (χ1) is 9.79. The topological polar surface area (TPSA) is 53.6 Å². The lowest BCUT2D eigenvalue weighted by molar-refractivity contribution is 0.143. The molecule has 2 N–H and O–H groups in total. The number of urea groups is 1. The molecule has 6 heteroatoms. The van der Waals surface area contributed by atoms with Gasteiger partial charge in [0.1, 0.15) is 0 Å². The van der Waals surface area contributed by atoms with Crippen molar-refractivity contribution >= 4 is 17.8 Å². The Balaban J connectivity index is 1.56. The predicted octanol–water partition coefficient (Wildman–Crippen LogP) is 1.15. The summed E-state index contributed by atoms with van der Waals surface area (Å²) in [6.07, 6.45) is 3.77. The molecule has 0 spiro atoms. The van der Waals surface area contributed by atoms with E-state index in [-0.39, 0.29) is 6.03 Å². The number of carbonyl (C=O) groups excluding carboxylic acids is 1. The van der Waals surface area contributed by atoms with Crippen LogP contribution in [-0.2, 0) is 4.74 Å². The zero-order valence-corrected chi connectivity index (χ0v) is 13.2. The summed E-state index contributed by atoms with van der Waals surface area (Å²) in [5.74, 6) is 3.27. The van der Waals surface area contributed by atoms with Crippen LogP contribution < -0.4 is 10.6 Å². The third-order valence-electron chi connectivity index (χ3n) is 4.21. The molecule has 116 valence electrons. The highest BCUT2D eigenvalue weighted by Gasteiger charge is 2.27. The van der Waals surface area contributed by atoms with Gasteiger partial charge in [-0.05, 0) is 44.0 Å². The third kappa shape index (κ3) is 5.14. The van der Waals surface area contributed by atoms with Gasteiger partial charge in [-0.2, -0.15) is 11.8 Å². The van der Waals surface area contributed by atoms with E-state index >= 15 is 0 Å². The number of hydrogen-bond donors (Lipinski definition) is 2. The summed E-state index contributed by atoms with van der Waals surface area (Å²) in [4.78, 5) is 14.2. The van der Waals surface area contributed by atoms with Crippen LogP contribution in [-0.4, -0.2) is 68.4 Å². The van der Waals surface area contributed by atoms with Gasteiger partial charge in [-0.15, -0.1) is 0 Å². The van der Waals surface area contributed by atoms with Crippen molar-refractivity contribution in [3.63, 3.8) is 0 Å². The molecule has 0 aliphatic carbocycles. The molecular formula is C14H27N3O2S. The Bertz CT molecular complexity index is 290. The highest BCUT2D eigenvalue weighted by molar-refractivity contribution is 7.99. The van der Waals surface area contributed by atoms with Gasteiger partial charge < -0.3 is 15.4 Å². The fraction of sp³-hybridized carbons (Fsp3) is 0.929. The van der Waals surface area contributed by atoms with E-state index < -0.39 is 0 Å². The SMILES string of the molecule is COCCNC(=O)NCC1CCN([C@H]2CCSC2)CC1. The second-order valence-electron chi connectivity index (χ2n) is 5.63. The van der Waals surface area contributed by atoms with Crippen LogP contribution in [0.2, 0.25) is 0 Å². The van der Waals surface area contributed by atoms with Crippen LogP contribution in [0.25, 0.3) is 0 Å². The molecule has 2 heterocycles. The quantitative estimate of drug-likeness (QED) is 0.723. The molecule has 0 saturated carbocycles. The maximum atomic E-state index is 11.5. The number of nitrogens with one attached hydrogen (secondary N) is 2. The van der Waals surface area contributed by atoms with Gasteiger partial charge in [0.15, 0.2) is 0 Å². The van der Waals surface area contributed by atoms with E-state index in [2.05, 4.69) is 27.3 Å². The summed E-state index contributed by atoms with van der Waals surface area (Å²) in [7, 11) is 1.64. The van der Waals surface area contributed by atoms with Gasteiger partial charge in [0.25, 0.3) is 0 Å². The van der Waals surface area contributed by atoms with Crippen molar-refractivity contribution in [2.45, 2.75) is 25.3 Å². The van der Waals surface area contributed by atoms with E-state index in [0.717, 1.165) is 12.6 Å². The molecular weight excluding hydrogens is 274 g/mol. The number of likely N-dealkylation sites (tertiary alicyclic amines) is 1. The number of methoxy groups -OCH3 is 1. The summed E-state index contributed by atoms with van der Waals surface area (Å²) in [5.41, 5.74) is 0. The first kappa shape index (κ1) is 15.9. The summed E-state index contributed by atoms with van der Waals surface area (Å²) >= 11 is 2.08. The number of amides is 2. The highest BCUT2D eigenvalue weighted by atomic mass is 32.2. The van der Waals surface area contributed by atoms with Crippen molar-refractivity contribution in [2.75, 3.05) is 51.4 Å². The maximum absolute atomic E-state index is 11.5. The molecule has 20 heavy (non-hydrogen) atoms. The summed E-state index contributed by atoms with van der Waals surface area (Å²) < 4.78 is 4.90. The Hall–Kier alpha value is -0.460. The van der Waals surface area contributed by atoms with Gasteiger partial charge in [-0.1, -0.05) is 0 Å². The van der Waals surface area contributed by atoms with Crippen molar-refractivity contribution in [2.24, 2.45) is 5.92 Å². The van der Waals surface area contributed by atoms with E-state index in [9.17, 15) is 4.79 Å². The Labute approximate surface area is 126 Å². The third-order valence-corrected chi connectivity index (χ3v) is 5.36. The summed E-state index contributed by atoms with van der Waals surface area (Å²) in [6.45, 7) is 4.32. The number of ether oxygens (including phenoxy) is 1. The van der Waals surface area contributed by atoms with Crippen molar-refractivity contribution in [1.29, 1.82) is 0 Å². The van der Waals surface area contributed by atoms with Crippen LogP contribution in [0.15, 0.2) is 0 Å². The number of piperidine rings is 1. The van der Waals surface area contributed by atoms with Crippen LogP contribution in [0, 0.1) is 5.92 Å². The first-order valence-electron chi connectivity index (χ1n) is 7.62. The lowest BCUT2D eigenvalue weighted by atomic mass is 9.95. The predicted molar refractivity (Wildman–Crippen MR) is 83.3 cm³/mol. The largest absolute Gasteiger partial charge is 0.383 e. The molecule has 5 nitrogen and oxygen atoms in total. The zero-order valence-electron chi connectivity index (χ0n) is 12.4. The molecule has 2 fully saturated rings. The summed E-state index contributed by atoms with van der Waals surface area (Å²) in [5, 5.41) is 5.76. The van der Waals surface area contributed by atoms with Crippen LogP contribution in [0.5, 0.6) is 0 Å². The molecule has 2 amide bonds. The molecule has 0 bridgehead atoms. The molecule has 0 aromatic carbocycles. The van der Waals surface area contributed by atoms with E-state index in [1.54, 1.807) is 7.11 Å². The molecule has 0 aromatic rings. The highest BCUT2D eigenvalue weighted by Crippen LogP contribution is 2.26. The van der Waals surface area contributed by atoms with Crippen molar-refractivity contribution in [3.05, 3.63) is 0 Å². The molecule has 0 unspecified atom stereocenters. The molecule has 2 rings (SSSR count). The van der Waals surface area contributed by atoms with Crippen LogP contribution in [0.3, 0.4) is 0 Å². The number of nitrogens with zero attached hydrogens (tertiary/aromatic N) is 1. The summed E-state index contributed by atoms with van der Waals surface area (Å²) in [6, 6.07) is 0.739. The van der Waals surface area contributed by atoms with Crippen molar-refractivity contribution < 1.29 is 9.53 Å². The van der Waals surface area contributed by atoms with Gasteiger partial charge in [0.05, 0.1) is 6.61 Å². The fourth-order valence-corrected chi connectivity index (χ4v) is 4.15. The van der Waals surface area contributed by atoms with E-state index in [4.69, 9.17) is 4.74 Å².